The first-order valence-corrected chi connectivity index (χ1v) is 8.29. The summed E-state index contributed by atoms with van der Waals surface area (Å²) in [5.41, 5.74) is 2.25. The fraction of sp³-hybridized carbons (Fsp3) is 0.389. The fourth-order valence-electron chi connectivity index (χ4n) is 3.07. The summed E-state index contributed by atoms with van der Waals surface area (Å²) in [6.07, 6.45) is 3.71. The van der Waals surface area contributed by atoms with Crippen molar-refractivity contribution in [3.05, 3.63) is 58.0 Å². The van der Waals surface area contributed by atoms with E-state index < -0.39 is 0 Å². The van der Waals surface area contributed by atoms with Crippen molar-refractivity contribution in [1.29, 1.82) is 0 Å². The largest absolute Gasteiger partial charge is 0.371 e. The van der Waals surface area contributed by atoms with Gasteiger partial charge in [-0.25, -0.2) is 5.10 Å². The Balaban J connectivity index is 1.76. The van der Waals surface area contributed by atoms with Crippen molar-refractivity contribution >= 4 is 11.6 Å². The lowest BCUT2D eigenvalue weighted by atomic mass is 10.1. The van der Waals surface area contributed by atoms with Crippen LogP contribution in [0.3, 0.4) is 0 Å². The van der Waals surface area contributed by atoms with Gasteiger partial charge < -0.3 is 9.80 Å². The summed E-state index contributed by atoms with van der Waals surface area (Å²) in [7, 11) is 1.75. The van der Waals surface area contributed by atoms with Crippen molar-refractivity contribution in [3.8, 4) is 0 Å². The van der Waals surface area contributed by atoms with Crippen LogP contribution in [0.4, 0.5) is 5.69 Å². The molecule has 1 aromatic heterocycles. The molecular weight excluding hydrogens is 304 g/mol. The third kappa shape index (κ3) is 3.64. The number of nitrogens with one attached hydrogen (secondary N) is 1. The van der Waals surface area contributed by atoms with E-state index in [4.69, 9.17) is 0 Å². The smallest absolute Gasteiger partial charge is 0.274 e. The van der Waals surface area contributed by atoms with E-state index in [1.54, 1.807) is 11.9 Å². The van der Waals surface area contributed by atoms with Gasteiger partial charge in [0.15, 0.2) is 0 Å². The first-order chi connectivity index (χ1) is 11.6. The van der Waals surface area contributed by atoms with Gasteiger partial charge in [-0.1, -0.05) is 18.2 Å². The third-order valence-electron chi connectivity index (χ3n) is 4.34. The highest BCUT2D eigenvalue weighted by molar-refractivity contribution is 5.91. The molecule has 0 saturated carbocycles. The second kappa shape index (κ2) is 7.29. The number of H-pyrrole nitrogens is 1. The molecule has 0 aliphatic carbocycles. The molecule has 3 rings (SSSR count). The summed E-state index contributed by atoms with van der Waals surface area (Å²) in [5, 5.41) is 6.12. The highest BCUT2D eigenvalue weighted by Gasteiger charge is 2.18. The van der Waals surface area contributed by atoms with Crippen LogP contribution in [-0.2, 0) is 6.54 Å². The first-order valence-electron chi connectivity index (χ1n) is 8.29. The van der Waals surface area contributed by atoms with Crippen LogP contribution in [0.5, 0.6) is 0 Å². The summed E-state index contributed by atoms with van der Waals surface area (Å²) in [6.45, 7) is 2.64. The van der Waals surface area contributed by atoms with Crippen molar-refractivity contribution < 1.29 is 4.79 Å². The summed E-state index contributed by atoms with van der Waals surface area (Å²) in [4.78, 5) is 27.6. The number of benzene rings is 1. The quantitative estimate of drug-likeness (QED) is 0.933. The number of nitrogens with zero attached hydrogens (tertiary/aromatic N) is 3. The van der Waals surface area contributed by atoms with Crippen LogP contribution >= 0.6 is 0 Å². The molecule has 1 saturated heterocycles. The Labute approximate surface area is 141 Å². The molecule has 2 aromatic rings. The van der Waals surface area contributed by atoms with E-state index in [-0.39, 0.29) is 17.2 Å². The number of rotatable bonds is 4. The monoisotopic (exact) mass is 326 g/mol. The summed E-state index contributed by atoms with van der Waals surface area (Å²) < 4.78 is 0. The van der Waals surface area contributed by atoms with Crippen LogP contribution in [0.25, 0.3) is 0 Å². The van der Waals surface area contributed by atoms with Gasteiger partial charge in [0, 0.05) is 38.4 Å². The molecule has 6 heteroatoms. The number of hydrogen-bond donors (Lipinski definition) is 1. The zero-order valence-corrected chi connectivity index (χ0v) is 13.9. The maximum Gasteiger partial charge on any atom is 0.274 e. The molecule has 0 spiro atoms. The summed E-state index contributed by atoms with van der Waals surface area (Å²) >= 11 is 0. The van der Waals surface area contributed by atoms with E-state index in [0.717, 1.165) is 18.7 Å². The van der Waals surface area contributed by atoms with Crippen LogP contribution in [0.1, 0.15) is 35.3 Å². The lowest BCUT2D eigenvalue weighted by Crippen LogP contribution is -2.32. The molecule has 0 radical (unpaired) electrons. The molecule has 1 fully saturated rings. The predicted octanol–water partition coefficient (Wildman–Crippen LogP) is 2.03. The van der Waals surface area contributed by atoms with Gasteiger partial charge in [0.25, 0.3) is 11.5 Å². The van der Waals surface area contributed by atoms with Crippen LogP contribution in [0.2, 0.25) is 0 Å². The van der Waals surface area contributed by atoms with Crippen molar-refractivity contribution in [3.63, 3.8) is 0 Å². The lowest BCUT2D eigenvalue weighted by molar-refractivity contribution is 0.0778. The number of anilines is 1. The average molecular weight is 326 g/mol. The molecule has 1 N–H and O–H groups in total. The second-order valence-corrected chi connectivity index (χ2v) is 6.14. The van der Waals surface area contributed by atoms with Crippen LogP contribution in [0, 0.1) is 0 Å². The molecule has 0 unspecified atom stereocenters. The van der Waals surface area contributed by atoms with E-state index >= 15 is 0 Å². The lowest BCUT2D eigenvalue weighted by Gasteiger charge is -2.31. The van der Waals surface area contributed by atoms with Crippen LogP contribution < -0.4 is 10.5 Å². The zero-order valence-electron chi connectivity index (χ0n) is 13.9. The number of amides is 1. The molecule has 2 heterocycles. The molecule has 0 atom stereocenters. The van der Waals surface area contributed by atoms with Crippen molar-refractivity contribution in [2.75, 3.05) is 25.0 Å². The van der Waals surface area contributed by atoms with Gasteiger partial charge in [0.1, 0.15) is 5.69 Å². The topological polar surface area (TPSA) is 69.3 Å². The molecular formula is C18H22N4O2. The highest BCUT2D eigenvalue weighted by atomic mass is 16.2. The van der Waals surface area contributed by atoms with E-state index in [0.29, 0.717) is 6.54 Å². The Hall–Kier alpha value is -2.63. The summed E-state index contributed by atoms with van der Waals surface area (Å²) in [5.74, 6) is -0.209. The first kappa shape index (κ1) is 16.2. The minimum Gasteiger partial charge on any atom is -0.371 e. The van der Waals surface area contributed by atoms with E-state index in [9.17, 15) is 9.59 Å². The van der Waals surface area contributed by atoms with E-state index in [2.05, 4.69) is 27.2 Å². The van der Waals surface area contributed by atoms with Crippen LogP contribution in [0.15, 0.2) is 41.2 Å². The maximum absolute atomic E-state index is 12.5. The Morgan fingerprint density at radius 1 is 1.17 bits per heavy atom. The Morgan fingerprint density at radius 3 is 2.62 bits per heavy atom. The van der Waals surface area contributed by atoms with Gasteiger partial charge in [-0.15, -0.1) is 0 Å². The standard InChI is InChI=1S/C18H22N4O2/c1-21(18(24)15-9-10-17(23)20-19-15)13-14-7-3-4-8-16(14)22-11-5-2-6-12-22/h3-4,7-10H,2,5-6,11-13H2,1H3,(H,20,23). The second-order valence-electron chi connectivity index (χ2n) is 6.14. The number of hydrogen-bond acceptors (Lipinski definition) is 4. The predicted molar refractivity (Wildman–Crippen MR) is 93.2 cm³/mol. The van der Waals surface area contributed by atoms with Crippen molar-refractivity contribution in [2.24, 2.45) is 0 Å². The van der Waals surface area contributed by atoms with Gasteiger partial charge in [-0.2, -0.15) is 5.10 Å². The van der Waals surface area contributed by atoms with Crippen molar-refractivity contribution in [1.82, 2.24) is 15.1 Å². The normalized spacial score (nSPS) is 14.5. The van der Waals surface area contributed by atoms with E-state index in [1.807, 2.05) is 12.1 Å². The molecule has 6 nitrogen and oxygen atoms in total. The fourth-order valence-corrected chi connectivity index (χ4v) is 3.07. The number of aromatic nitrogens is 2. The average Bonchev–Trinajstić information content (AvgIpc) is 2.63. The Bertz CT molecular complexity index is 745. The van der Waals surface area contributed by atoms with E-state index in [1.165, 1.54) is 37.1 Å². The summed E-state index contributed by atoms with van der Waals surface area (Å²) in [6, 6.07) is 11.0. The van der Waals surface area contributed by atoms with Gasteiger partial charge in [0.05, 0.1) is 0 Å². The SMILES string of the molecule is CN(Cc1ccccc1N1CCCCC1)C(=O)c1ccc(=O)[nH]n1. The van der Waals surface area contributed by atoms with Gasteiger partial charge >= 0.3 is 0 Å². The Kier molecular flexibility index (Phi) is 4.93. The number of para-hydroxylation sites is 1. The third-order valence-corrected chi connectivity index (χ3v) is 4.34. The number of carbonyl (C=O) groups excluding carboxylic acids is 1. The molecule has 126 valence electrons. The number of aromatic amines is 1. The number of piperidine rings is 1. The maximum atomic E-state index is 12.5. The minimum absolute atomic E-state index is 0.209. The van der Waals surface area contributed by atoms with Gasteiger partial charge in [-0.05, 0) is 37.0 Å². The highest BCUT2D eigenvalue weighted by Crippen LogP contribution is 2.25. The molecule has 24 heavy (non-hydrogen) atoms. The molecule has 1 aliphatic heterocycles. The molecule has 0 bridgehead atoms. The van der Waals surface area contributed by atoms with Crippen molar-refractivity contribution in [2.45, 2.75) is 25.8 Å². The molecule has 1 aromatic carbocycles. The number of carbonyl (C=O) groups is 1. The van der Waals surface area contributed by atoms with Gasteiger partial charge in [-0.3, -0.25) is 9.59 Å². The minimum atomic E-state index is -0.315. The molecule has 1 amide bonds. The molecule has 1 aliphatic rings. The van der Waals surface area contributed by atoms with Gasteiger partial charge in [0.2, 0.25) is 0 Å². The Morgan fingerprint density at radius 2 is 1.92 bits per heavy atom. The van der Waals surface area contributed by atoms with Crippen LogP contribution in [-0.4, -0.2) is 41.1 Å². The zero-order chi connectivity index (χ0) is 16.9.